The minimum atomic E-state index is -0.868. The number of aromatic nitrogens is 1. The van der Waals surface area contributed by atoms with Crippen LogP contribution in [0.25, 0.3) is 11.5 Å². The summed E-state index contributed by atoms with van der Waals surface area (Å²) in [6.07, 6.45) is 0. The van der Waals surface area contributed by atoms with Gasteiger partial charge >= 0.3 is 5.97 Å². The van der Waals surface area contributed by atoms with E-state index in [1.807, 2.05) is 37.3 Å². The molecule has 0 spiro atoms. The van der Waals surface area contributed by atoms with Crippen LogP contribution >= 0.6 is 0 Å². The van der Waals surface area contributed by atoms with Gasteiger partial charge in [0.15, 0.2) is 0 Å². The topological polar surface area (TPSA) is 83.6 Å². The molecule has 3 rings (SSSR count). The number of aliphatic carboxylic acids is 1. The van der Waals surface area contributed by atoms with E-state index in [9.17, 15) is 14.7 Å². The average molecular weight is 314 g/mol. The molecule has 6 nitrogen and oxygen atoms in total. The smallest absolute Gasteiger partial charge is 0.308 e. The molecule has 0 unspecified atom stereocenters. The largest absolute Gasteiger partial charge is 0.481 e. The summed E-state index contributed by atoms with van der Waals surface area (Å²) >= 11 is 0. The number of hydrogen-bond donors (Lipinski definition) is 1. The van der Waals surface area contributed by atoms with Crippen LogP contribution in [0, 0.1) is 18.8 Å². The second kappa shape index (κ2) is 5.87. The maximum atomic E-state index is 12.6. The monoisotopic (exact) mass is 314 g/mol. The summed E-state index contributed by atoms with van der Waals surface area (Å²) < 4.78 is 5.66. The van der Waals surface area contributed by atoms with Crippen molar-refractivity contribution in [1.82, 2.24) is 9.88 Å². The Labute approximate surface area is 133 Å². The van der Waals surface area contributed by atoms with Crippen LogP contribution in [0.5, 0.6) is 0 Å². The Balaban J connectivity index is 1.84. The number of aryl methyl sites for hydroxylation is 1. The van der Waals surface area contributed by atoms with E-state index in [1.165, 1.54) is 4.90 Å². The Hall–Kier alpha value is -2.63. The summed E-state index contributed by atoms with van der Waals surface area (Å²) in [7, 11) is 0. The van der Waals surface area contributed by atoms with Gasteiger partial charge in [-0.3, -0.25) is 9.59 Å². The summed E-state index contributed by atoms with van der Waals surface area (Å²) in [4.78, 5) is 29.7. The van der Waals surface area contributed by atoms with Gasteiger partial charge in [0, 0.05) is 18.7 Å². The molecule has 1 N–H and O–H groups in total. The standard InChI is InChI=1S/C17H18N2O4/c1-10-8-19(9-13(10)17(21)22)16(20)14-11(2)18-15(23-14)12-6-4-3-5-7-12/h3-7,10,13H,8-9H2,1-2H3,(H,21,22)/t10-,13-/m1/s1. The van der Waals surface area contributed by atoms with E-state index in [1.54, 1.807) is 6.92 Å². The van der Waals surface area contributed by atoms with Gasteiger partial charge in [0.05, 0.1) is 11.6 Å². The fourth-order valence-corrected chi connectivity index (χ4v) is 2.90. The summed E-state index contributed by atoms with van der Waals surface area (Å²) in [6.45, 7) is 4.18. The van der Waals surface area contributed by atoms with E-state index in [2.05, 4.69) is 4.98 Å². The number of likely N-dealkylation sites (tertiary alicyclic amines) is 1. The van der Waals surface area contributed by atoms with Gasteiger partial charge in [-0.15, -0.1) is 0 Å². The molecule has 0 aliphatic carbocycles. The molecule has 1 aromatic carbocycles. The molecule has 2 atom stereocenters. The maximum absolute atomic E-state index is 12.6. The first-order valence-corrected chi connectivity index (χ1v) is 7.52. The summed E-state index contributed by atoms with van der Waals surface area (Å²) in [5, 5.41) is 9.19. The molecular weight excluding hydrogens is 296 g/mol. The number of rotatable bonds is 3. The number of oxazole rings is 1. The highest BCUT2D eigenvalue weighted by molar-refractivity contribution is 5.93. The number of carboxylic acids is 1. The van der Waals surface area contributed by atoms with Crippen molar-refractivity contribution in [3.8, 4) is 11.5 Å². The number of hydrogen-bond acceptors (Lipinski definition) is 4. The Morgan fingerprint density at radius 3 is 2.57 bits per heavy atom. The normalized spacial score (nSPS) is 20.7. The van der Waals surface area contributed by atoms with Crippen LogP contribution in [0.4, 0.5) is 0 Å². The number of nitrogens with zero attached hydrogens (tertiary/aromatic N) is 2. The van der Waals surface area contributed by atoms with Gasteiger partial charge in [0.1, 0.15) is 0 Å². The van der Waals surface area contributed by atoms with Crippen LogP contribution in [0.3, 0.4) is 0 Å². The second-order valence-corrected chi connectivity index (χ2v) is 5.93. The Bertz CT molecular complexity index is 738. The highest BCUT2D eigenvalue weighted by Gasteiger charge is 2.38. The van der Waals surface area contributed by atoms with E-state index >= 15 is 0 Å². The van der Waals surface area contributed by atoms with Crippen molar-refractivity contribution < 1.29 is 19.1 Å². The first kappa shape index (κ1) is 15.3. The number of benzene rings is 1. The third-order valence-electron chi connectivity index (χ3n) is 4.23. The lowest BCUT2D eigenvalue weighted by molar-refractivity contribution is -0.142. The number of carboxylic acid groups (broad SMARTS) is 1. The lowest BCUT2D eigenvalue weighted by atomic mass is 9.99. The van der Waals surface area contributed by atoms with Crippen LogP contribution in [0.15, 0.2) is 34.7 Å². The minimum Gasteiger partial charge on any atom is -0.481 e. The third kappa shape index (κ3) is 2.84. The van der Waals surface area contributed by atoms with Gasteiger partial charge in [0.2, 0.25) is 11.7 Å². The number of carbonyl (C=O) groups excluding carboxylic acids is 1. The van der Waals surface area contributed by atoms with Crippen LogP contribution in [0.1, 0.15) is 23.2 Å². The molecule has 1 aromatic heterocycles. The molecule has 2 heterocycles. The van der Waals surface area contributed by atoms with Gasteiger partial charge in [-0.05, 0) is 25.0 Å². The van der Waals surface area contributed by atoms with Gasteiger partial charge in [-0.1, -0.05) is 25.1 Å². The zero-order valence-corrected chi connectivity index (χ0v) is 13.0. The third-order valence-corrected chi connectivity index (χ3v) is 4.23. The first-order valence-electron chi connectivity index (χ1n) is 7.52. The van der Waals surface area contributed by atoms with Crippen molar-refractivity contribution in [1.29, 1.82) is 0 Å². The van der Waals surface area contributed by atoms with E-state index in [-0.39, 0.29) is 24.1 Å². The van der Waals surface area contributed by atoms with Crippen molar-refractivity contribution in [2.75, 3.05) is 13.1 Å². The summed E-state index contributed by atoms with van der Waals surface area (Å²) in [6, 6.07) is 9.35. The lowest BCUT2D eigenvalue weighted by Gasteiger charge is -2.14. The van der Waals surface area contributed by atoms with E-state index in [0.717, 1.165) is 5.56 Å². The Morgan fingerprint density at radius 1 is 1.26 bits per heavy atom. The molecular formula is C17H18N2O4. The van der Waals surface area contributed by atoms with Gasteiger partial charge in [0.25, 0.3) is 5.91 Å². The number of amides is 1. The molecule has 1 aliphatic heterocycles. The molecule has 1 aliphatic rings. The molecule has 0 saturated carbocycles. The molecule has 23 heavy (non-hydrogen) atoms. The average Bonchev–Trinajstić information content (AvgIpc) is 3.11. The molecule has 0 radical (unpaired) electrons. The van der Waals surface area contributed by atoms with Crippen LogP contribution in [-0.4, -0.2) is 40.0 Å². The molecule has 1 saturated heterocycles. The summed E-state index contributed by atoms with van der Waals surface area (Å²) in [5.41, 5.74) is 1.31. The van der Waals surface area contributed by atoms with Gasteiger partial charge < -0.3 is 14.4 Å². The molecule has 1 fully saturated rings. The van der Waals surface area contributed by atoms with Crippen molar-refractivity contribution >= 4 is 11.9 Å². The maximum Gasteiger partial charge on any atom is 0.308 e. The highest BCUT2D eigenvalue weighted by Crippen LogP contribution is 2.27. The van der Waals surface area contributed by atoms with Crippen LogP contribution in [-0.2, 0) is 4.79 Å². The van der Waals surface area contributed by atoms with Crippen LogP contribution in [0.2, 0.25) is 0 Å². The van der Waals surface area contributed by atoms with Crippen LogP contribution < -0.4 is 0 Å². The minimum absolute atomic E-state index is 0.0757. The first-order chi connectivity index (χ1) is 11.0. The fraction of sp³-hybridized carbons (Fsp3) is 0.353. The van der Waals surface area contributed by atoms with Crippen molar-refractivity contribution in [3.63, 3.8) is 0 Å². The molecule has 0 bridgehead atoms. The highest BCUT2D eigenvalue weighted by atomic mass is 16.4. The van der Waals surface area contributed by atoms with Crippen molar-refractivity contribution in [2.24, 2.45) is 11.8 Å². The summed E-state index contributed by atoms with van der Waals surface area (Å²) in [5.74, 6) is -1.19. The second-order valence-electron chi connectivity index (χ2n) is 5.93. The van der Waals surface area contributed by atoms with Gasteiger partial charge in [-0.25, -0.2) is 4.98 Å². The van der Waals surface area contributed by atoms with E-state index < -0.39 is 11.9 Å². The van der Waals surface area contributed by atoms with Crippen molar-refractivity contribution in [3.05, 3.63) is 41.8 Å². The lowest BCUT2D eigenvalue weighted by Crippen LogP contribution is -2.30. The number of carbonyl (C=O) groups is 2. The van der Waals surface area contributed by atoms with E-state index in [4.69, 9.17) is 4.42 Å². The predicted molar refractivity (Wildman–Crippen MR) is 82.9 cm³/mol. The zero-order chi connectivity index (χ0) is 16.6. The molecule has 120 valence electrons. The predicted octanol–water partition coefficient (Wildman–Crippen LogP) is 2.44. The fourth-order valence-electron chi connectivity index (χ4n) is 2.90. The molecule has 6 heteroatoms. The van der Waals surface area contributed by atoms with Crippen molar-refractivity contribution in [2.45, 2.75) is 13.8 Å². The quantitative estimate of drug-likeness (QED) is 0.940. The SMILES string of the molecule is Cc1nc(-c2ccccc2)oc1C(=O)N1C[C@@H](C)[C@H](C(=O)O)C1. The Morgan fingerprint density at radius 2 is 1.96 bits per heavy atom. The van der Waals surface area contributed by atoms with E-state index in [0.29, 0.717) is 18.1 Å². The molecule has 2 aromatic rings. The van der Waals surface area contributed by atoms with Gasteiger partial charge in [-0.2, -0.15) is 0 Å². The zero-order valence-electron chi connectivity index (χ0n) is 13.0. The Kier molecular flexibility index (Phi) is 3.90. The molecule has 1 amide bonds.